The predicted molar refractivity (Wildman–Crippen MR) is 176 cm³/mol. The number of hydrazone groups is 1. The third-order valence-corrected chi connectivity index (χ3v) is 8.77. The number of carbonyl (C=O) groups excluding carboxylic acids is 2. The molecule has 2 amide bonds. The van der Waals surface area contributed by atoms with Gasteiger partial charge < -0.3 is 31.6 Å². The molecule has 4 rings (SSSR count). The molecule has 1 fully saturated rings. The summed E-state index contributed by atoms with van der Waals surface area (Å²) in [7, 11) is -4.28. The van der Waals surface area contributed by atoms with Gasteiger partial charge in [-0.15, -0.1) is 0 Å². The van der Waals surface area contributed by atoms with Gasteiger partial charge in [0.05, 0.1) is 11.3 Å². The van der Waals surface area contributed by atoms with Gasteiger partial charge in [0, 0.05) is 33.0 Å². The first-order valence-corrected chi connectivity index (χ1v) is 16.4. The van der Waals surface area contributed by atoms with Crippen LogP contribution in [0.3, 0.4) is 0 Å². The number of likely N-dealkylation sites (tertiary alicyclic amines) is 1. The maximum absolute atomic E-state index is 13.4. The average Bonchev–Trinajstić information content (AvgIpc) is 3.03. The number of aliphatic carboxylic acids is 2. The minimum absolute atomic E-state index is 0.0253. The molecule has 7 N–H and O–H groups in total. The van der Waals surface area contributed by atoms with Crippen molar-refractivity contribution in [2.24, 2.45) is 16.9 Å². The van der Waals surface area contributed by atoms with Crippen LogP contribution in [-0.4, -0.2) is 85.3 Å². The van der Waals surface area contributed by atoms with Crippen molar-refractivity contribution in [3.8, 4) is 0 Å². The summed E-state index contributed by atoms with van der Waals surface area (Å²) < 4.78 is 29.2. The number of hydrogen-bond acceptors (Lipinski definition) is 8. The molecule has 0 aliphatic carbocycles. The number of piperidine rings is 1. The molecule has 0 spiro atoms. The number of carboxylic acids is 2. The van der Waals surface area contributed by atoms with Crippen LogP contribution < -0.4 is 21.2 Å². The van der Waals surface area contributed by atoms with Gasteiger partial charge in [-0.05, 0) is 47.2 Å². The standard InChI is InChI=1S/C30H36N6O6S.C2H4O2/c31-33-20-36-14-6-9-22(19-36)18-32-28(37)17-26(29(38)34-27(30(39)40)15-21-7-2-1-3-8-21)35-43(41,42)25-13-12-23-10-4-5-11-24(23)16-25;1-2(3)4/h1-5,7-8,10-13,16,20,22,26-27,35H,6,9,14-15,17-19,31H2,(H,32,37)(H,34,38)(H,39,40);1H3,(H,3,4)/t22-,26-,27+;/m0./s1. The number of rotatable bonds is 13. The van der Waals surface area contributed by atoms with Gasteiger partial charge in [0.1, 0.15) is 18.4 Å². The summed E-state index contributed by atoms with van der Waals surface area (Å²) in [6.45, 7) is 2.84. The minimum atomic E-state index is -4.28. The Labute approximate surface area is 273 Å². The zero-order chi connectivity index (χ0) is 34.4. The van der Waals surface area contributed by atoms with Crippen LogP contribution in [0.4, 0.5) is 0 Å². The Bertz CT molecular complexity index is 1660. The molecular formula is C32H40N6O8S. The van der Waals surface area contributed by atoms with E-state index in [0.29, 0.717) is 24.0 Å². The zero-order valence-electron chi connectivity index (χ0n) is 25.9. The molecule has 0 aromatic heterocycles. The maximum atomic E-state index is 13.4. The highest BCUT2D eigenvalue weighted by molar-refractivity contribution is 7.89. The lowest BCUT2D eigenvalue weighted by molar-refractivity contribution is -0.142. The van der Waals surface area contributed by atoms with Gasteiger partial charge in [0.25, 0.3) is 5.97 Å². The van der Waals surface area contributed by atoms with Gasteiger partial charge in [-0.2, -0.15) is 9.82 Å². The van der Waals surface area contributed by atoms with Gasteiger partial charge in [-0.3, -0.25) is 14.4 Å². The number of sulfonamides is 1. The van der Waals surface area contributed by atoms with Gasteiger partial charge in [0.2, 0.25) is 21.8 Å². The molecule has 1 aliphatic rings. The normalized spacial score (nSPS) is 16.0. The molecule has 0 radical (unpaired) electrons. The Morgan fingerprint density at radius 1 is 1.00 bits per heavy atom. The van der Waals surface area contributed by atoms with Gasteiger partial charge in [-0.25, -0.2) is 13.2 Å². The van der Waals surface area contributed by atoms with Crippen LogP contribution in [0.25, 0.3) is 10.8 Å². The number of hydrogen-bond donors (Lipinski definition) is 6. The first kappa shape index (κ1) is 36.4. The van der Waals surface area contributed by atoms with E-state index < -0.39 is 52.3 Å². The van der Waals surface area contributed by atoms with Crippen molar-refractivity contribution in [2.75, 3.05) is 19.6 Å². The molecule has 1 saturated heterocycles. The number of nitrogens with one attached hydrogen (secondary N) is 3. The highest BCUT2D eigenvalue weighted by atomic mass is 32.2. The Morgan fingerprint density at radius 3 is 2.32 bits per heavy atom. The number of carboxylic acid groups (broad SMARTS) is 2. The number of nitrogens with zero attached hydrogens (tertiary/aromatic N) is 2. The van der Waals surface area contributed by atoms with E-state index in [0.717, 1.165) is 31.7 Å². The Morgan fingerprint density at radius 2 is 1.66 bits per heavy atom. The maximum Gasteiger partial charge on any atom is 0.326 e. The van der Waals surface area contributed by atoms with Crippen LogP contribution in [0.5, 0.6) is 0 Å². The molecular weight excluding hydrogens is 628 g/mol. The van der Waals surface area contributed by atoms with E-state index in [1.165, 1.54) is 12.1 Å². The lowest BCUT2D eigenvalue weighted by atomic mass is 9.98. The van der Waals surface area contributed by atoms with Crippen molar-refractivity contribution in [2.45, 2.75) is 49.6 Å². The second kappa shape index (κ2) is 17.6. The summed E-state index contributed by atoms with van der Waals surface area (Å²) in [5, 5.41) is 27.5. The zero-order valence-corrected chi connectivity index (χ0v) is 26.7. The fourth-order valence-corrected chi connectivity index (χ4v) is 6.31. The smallest absolute Gasteiger partial charge is 0.326 e. The van der Waals surface area contributed by atoms with Crippen LogP contribution in [0.2, 0.25) is 0 Å². The predicted octanol–water partition coefficient (Wildman–Crippen LogP) is 1.51. The number of amides is 2. The third kappa shape index (κ3) is 12.0. The molecule has 3 atom stereocenters. The summed E-state index contributed by atoms with van der Waals surface area (Å²) >= 11 is 0. The first-order chi connectivity index (χ1) is 22.4. The van der Waals surface area contributed by atoms with Crippen molar-refractivity contribution >= 4 is 50.9 Å². The largest absolute Gasteiger partial charge is 0.481 e. The van der Waals surface area contributed by atoms with Crippen LogP contribution >= 0.6 is 0 Å². The quantitative estimate of drug-likeness (QED) is 0.0667. The highest BCUT2D eigenvalue weighted by Gasteiger charge is 2.31. The summed E-state index contributed by atoms with van der Waals surface area (Å²) in [4.78, 5) is 49.3. The average molecular weight is 669 g/mol. The van der Waals surface area contributed by atoms with E-state index in [1.54, 1.807) is 54.9 Å². The monoisotopic (exact) mass is 668 g/mol. The molecule has 252 valence electrons. The number of nitrogens with two attached hydrogens (primary N) is 1. The van der Waals surface area contributed by atoms with E-state index in [-0.39, 0.29) is 17.2 Å². The summed E-state index contributed by atoms with van der Waals surface area (Å²) in [5.74, 6) is 1.76. The summed E-state index contributed by atoms with van der Waals surface area (Å²) in [6.07, 6.45) is 2.75. The van der Waals surface area contributed by atoms with Crippen molar-refractivity contribution < 1.29 is 37.8 Å². The van der Waals surface area contributed by atoms with E-state index in [2.05, 4.69) is 20.5 Å². The molecule has 1 aliphatic heterocycles. The van der Waals surface area contributed by atoms with Crippen molar-refractivity contribution in [3.63, 3.8) is 0 Å². The number of fused-ring (bicyclic) bond motifs is 1. The van der Waals surface area contributed by atoms with E-state index in [4.69, 9.17) is 15.7 Å². The SMILES string of the molecule is CC(=O)O.NN=CN1CCC[C@@H](CNC(=O)C[C@H](NS(=O)(=O)c2ccc3ccccc3c2)C(=O)N[C@H](Cc2ccccc2)C(=O)O)C1. The molecule has 0 bridgehead atoms. The van der Waals surface area contributed by atoms with Crippen molar-refractivity contribution in [3.05, 3.63) is 78.4 Å². The summed E-state index contributed by atoms with van der Waals surface area (Å²) in [6, 6.07) is 17.6. The summed E-state index contributed by atoms with van der Waals surface area (Å²) in [5.41, 5.74) is 0.669. The van der Waals surface area contributed by atoms with Crippen LogP contribution in [0, 0.1) is 5.92 Å². The molecule has 47 heavy (non-hydrogen) atoms. The van der Waals surface area contributed by atoms with E-state index in [1.807, 2.05) is 17.0 Å². The Balaban J connectivity index is 0.00000142. The van der Waals surface area contributed by atoms with E-state index >= 15 is 0 Å². The lowest BCUT2D eigenvalue weighted by Crippen LogP contribution is -2.53. The fourth-order valence-electron chi connectivity index (χ4n) is 5.08. The molecule has 3 aromatic rings. The minimum Gasteiger partial charge on any atom is -0.481 e. The van der Waals surface area contributed by atoms with Gasteiger partial charge >= 0.3 is 5.97 Å². The fraction of sp³-hybridized carbons (Fsp3) is 0.344. The Kier molecular flexibility index (Phi) is 13.7. The molecule has 14 nitrogen and oxygen atoms in total. The topological polar surface area (TPSA) is 221 Å². The van der Waals surface area contributed by atoms with Crippen molar-refractivity contribution in [1.82, 2.24) is 20.3 Å². The molecule has 1 heterocycles. The van der Waals surface area contributed by atoms with Gasteiger partial charge in [0.15, 0.2) is 0 Å². The molecule has 0 saturated carbocycles. The molecule has 3 aromatic carbocycles. The Hall–Kier alpha value is -5.02. The van der Waals surface area contributed by atoms with Crippen molar-refractivity contribution in [1.29, 1.82) is 0 Å². The second-order valence-corrected chi connectivity index (χ2v) is 12.8. The number of carbonyl (C=O) groups is 4. The highest BCUT2D eigenvalue weighted by Crippen LogP contribution is 2.20. The molecule has 0 unspecified atom stereocenters. The lowest BCUT2D eigenvalue weighted by Gasteiger charge is -2.31. The van der Waals surface area contributed by atoms with Crippen LogP contribution in [-0.2, 0) is 35.6 Å². The third-order valence-electron chi connectivity index (χ3n) is 7.30. The van der Waals surface area contributed by atoms with Gasteiger partial charge in [-0.1, -0.05) is 60.7 Å². The number of benzene rings is 3. The first-order valence-electron chi connectivity index (χ1n) is 14.9. The van der Waals surface area contributed by atoms with Crippen LogP contribution in [0.1, 0.15) is 31.7 Å². The van der Waals surface area contributed by atoms with Crippen LogP contribution in [0.15, 0.2) is 82.8 Å². The second-order valence-electron chi connectivity index (χ2n) is 11.1. The van der Waals surface area contributed by atoms with E-state index in [9.17, 15) is 27.9 Å². The molecule has 15 heteroatoms.